The SMILES string of the molecule is O=S1CCC(NCCCOCCO)CC1. The highest BCUT2D eigenvalue weighted by molar-refractivity contribution is 7.85. The summed E-state index contributed by atoms with van der Waals surface area (Å²) in [5.74, 6) is 1.69. The first-order valence-electron chi connectivity index (χ1n) is 5.60. The Balaban J connectivity index is 1.89. The molecule has 0 atom stereocenters. The molecule has 1 aliphatic rings. The van der Waals surface area contributed by atoms with Gasteiger partial charge in [-0.3, -0.25) is 4.21 Å². The molecule has 0 radical (unpaired) electrons. The quantitative estimate of drug-likeness (QED) is 0.604. The molecule has 1 aliphatic heterocycles. The molecule has 90 valence electrons. The van der Waals surface area contributed by atoms with Gasteiger partial charge in [0.25, 0.3) is 0 Å². The topological polar surface area (TPSA) is 58.6 Å². The van der Waals surface area contributed by atoms with Gasteiger partial charge < -0.3 is 15.2 Å². The molecule has 0 aromatic rings. The molecule has 0 amide bonds. The molecule has 0 aromatic heterocycles. The standard InChI is InChI=1S/C10H21NO3S/c12-5-7-14-6-1-4-11-10-2-8-15(13)9-3-10/h10-12H,1-9H2. The molecular weight excluding hydrogens is 214 g/mol. The summed E-state index contributed by atoms with van der Waals surface area (Å²) in [6, 6.07) is 0.542. The average Bonchev–Trinajstić information content (AvgIpc) is 2.26. The number of hydrogen-bond donors (Lipinski definition) is 2. The van der Waals surface area contributed by atoms with Crippen molar-refractivity contribution in [3.8, 4) is 0 Å². The molecule has 0 bridgehead atoms. The van der Waals surface area contributed by atoms with Crippen LogP contribution < -0.4 is 5.32 Å². The van der Waals surface area contributed by atoms with Crippen molar-refractivity contribution in [3.05, 3.63) is 0 Å². The normalized spacial score (nSPS) is 26.7. The third-order valence-electron chi connectivity index (χ3n) is 2.52. The summed E-state index contributed by atoms with van der Waals surface area (Å²) in [4.78, 5) is 0. The minimum atomic E-state index is -0.565. The zero-order chi connectivity index (χ0) is 10.9. The van der Waals surface area contributed by atoms with Crippen LogP contribution in [0.3, 0.4) is 0 Å². The Labute approximate surface area is 93.8 Å². The van der Waals surface area contributed by atoms with Crippen LogP contribution in [0.15, 0.2) is 0 Å². The van der Waals surface area contributed by atoms with E-state index in [0.717, 1.165) is 37.3 Å². The van der Waals surface area contributed by atoms with E-state index in [1.165, 1.54) is 0 Å². The van der Waals surface area contributed by atoms with E-state index < -0.39 is 10.8 Å². The van der Waals surface area contributed by atoms with Gasteiger partial charge in [0.05, 0.1) is 13.2 Å². The fourth-order valence-corrected chi connectivity index (χ4v) is 2.94. The maximum atomic E-state index is 11.1. The predicted octanol–water partition coefficient (Wildman–Crippen LogP) is -0.114. The summed E-state index contributed by atoms with van der Waals surface area (Å²) in [5, 5.41) is 11.9. The molecule has 0 aliphatic carbocycles. The largest absolute Gasteiger partial charge is 0.394 e. The van der Waals surface area contributed by atoms with Crippen LogP contribution >= 0.6 is 0 Å². The Morgan fingerprint density at radius 3 is 2.73 bits per heavy atom. The van der Waals surface area contributed by atoms with Crippen LogP contribution in [0, 0.1) is 0 Å². The lowest BCUT2D eigenvalue weighted by Crippen LogP contribution is -2.36. The molecule has 1 fully saturated rings. The first-order valence-corrected chi connectivity index (χ1v) is 7.08. The van der Waals surface area contributed by atoms with E-state index in [-0.39, 0.29) is 6.61 Å². The molecule has 0 spiro atoms. The highest BCUT2D eigenvalue weighted by Crippen LogP contribution is 2.08. The smallest absolute Gasteiger partial charge is 0.0697 e. The predicted molar refractivity (Wildman–Crippen MR) is 61.4 cm³/mol. The summed E-state index contributed by atoms with van der Waals surface area (Å²) in [6.07, 6.45) is 3.04. The summed E-state index contributed by atoms with van der Waals surface area (Å²) in [7, 11) is -0.565. The van der Waals surface area contributed by atoms with Crippen LogP contribution in [-0.2, 0) is 15.5 Å². The van der Waals surface area contributed by atoms with Gasteiger partial charge in [-0.25, -0.2) is 0 Å². The molecule has 0 saturated carbocycles. The van der Waals surface area contributed by atoms with Crippen LogP contribution in [0.1, 0.15) is 19.3 Å². The molecular formula is C10H21NO3S. The van der Waals surface area contributed by atoms with E-state index in [2.05, 4.69) is 5.32 Å². The summed E-state index contributed by atoms with van der Waals surface area (Å²) in [6.45, 7) is 2.18. The van der Waals surface area contributed by atoms with Crippen molar-refractivity contribution in [2.24, 2.45) is 0 Å². The second-order valence-corrected chi connectivity index (χ2v) is 5.46. The minimum Gasteiger partial charge on any atom is -0.394 e. The maximum Gasteiger partial charge on any atom is 0.0697 e. The van der Waals surface area contributed by atoms with E-state index in [4.69, 9.17) is 9.84 Å². The van der Waals surface area contributed by atoms with Crippen molar-refractivity contribution in [2.75, 3.05) is 37.9 Å². The van der Waals surface area contributed by atoms with E-state index in [1.807, 2.05) is 0 Å². The lowest BCUT2D eigenvalue weighted by molar-refractivity contribution is 0.0903. The summed E-state index contributed by atoms with van der Waals surface area (Å²) >= 11 is 0. The van der Waals surface area contributed by atoms with E-state index in [0.29, 0.717) is 19.3 Å². The number of nitrogens with one attached hydrogen (secondary N) is 1. The van der Waals surface area contributed by atoms with E-state index in [9.17, 15) is 4.21 Å². The van der Waals surface area contributed by atoms with Gasteiger partial charge in [0.15, 0.2) is 0 Å². The number of hydrogen-bond acceptors (Lipinski definition) is 4. The van der Waals surface area contributed by atoms with Crippen LogP contribution in [0.25, 0.3) is 0 Å². The van der Waals surface area contributed by atoms with Crippen LogP contribution in [0.5, 0.6) is 0 Å². The number of aliphatic hydroxyl groups excluding tert-OH is 1. The third kappa shape index (κ3) is 6.25. The van der Waals surface area contributed by atoms with Crippen molar-refractivity contribution < 1.29 is 14.1 Å². The number of rotatable bonds is 7. The minimum absolute atomic E-state index is 0.0991. The molecule has 4 nitrogen and oxygen atoms in total. The second kappa shape index (κ2) is 8.21. The first kappa shape index (κ1) is 13.1. The molecule has 1 heterocycles. The number of ether oxygens (including phenoxy) is 1. The third-order valence-corrected chi connectivity index (χ3v) is 3.90. The maximum absolute atomic E-state index is 11.1. The van der Waals surface area contributed by atoms with Gasteiger partial charge in [-0.05, 0) is 25.8 Å². The van der Waals surface area contributed by atoms with Gasteiger partial charge in [-0.15, -0.1) is 0 Å². The highest BCUT2D eigenvalue weighted by atomic mass is 32.2. The van der Waals surface area contributed by atoms with E-state index >= 15 is 0 Å². The molecule has 0 unspecified atom stereocenters. The van der Waals surface area contributed by atoms with Crippen molar-refractivity contribution in [1.82, 2.24) is 5.32 Å². The van der Waals surface area contributed by atoms with Crippen LogP contribution in [0.4, 0.5) is 0 Å². The van der Waals surface area contributed by atoms with Gasteiger partial charge in [0.2, 0.25) is 0 Å². The van der Waals surface area contributed by atoms with Gasteiger partial charge in [0, 0.05) is 35.0 Å². The molecule has 1 rings (SSSR count). The first-order chi connectivity index (χ1) is 7.33. The van der Waals surface area contributed by atoms with Crippen molar-refractivity contribution in [2.45, 2.75) is 25.3 Å². The monoisotopic (exact) mass is 235 g/mol. The van der Waals surface area contributed by atoms with Gasteiger partial charge >= 0.3 is 0 Å². The van der Waals surface area contributed by atoms with Gasteiger partial charge in [0.1, 0.15) is 0 Å². The van der Waals surface area contributed by atoms with Crippen molar-refractivity contribution in [3.63, 3.8) is 0 Å². The molecule has 5 heteroatoms. The van der Waals surface area contributed by atoms with E-state index in [1.54, 1.807) is 0 Å². The molecule has 1 saturated heterocycles. The zero-order valence-corrected chi connectivity index (χ0v) is 9.93. The van der Waals surface area contributed by atoms with Crippen molar-refractivity contribution >= 4 is 10.8 Å². The van der Waals surface area contributed by atoms with Gasteiger partial charge in [-0.2, -0.15) is 0 Å². The Hall–Kier alpha value is 0.0300. The summed E-state index contributed by atoms with van der Waals surface area (Å²) in [5.41, 5.74) is 0. The zero-order valence-electron chi connectivity index (χ0n) is 9.11. The number of aliphatic hydroxyl groups is 1. The fraction of sp³-hybridized carbons (Fsp3) is 1.00. The molecule has 15 heavy (non-hydrogen) atoms. The highest BCUT2D eigenvalue weighted by Gasteiger charge is 2.16. The Morgan fingerprint density at radius 2 is 2.07 bits per heavy atom. The van der Waals surface area contributed by atoms with Crippen LogP contribution in [0.2, 0.25) is 0 Å². The fourth-order valence-electron chi connectivity index (χ4n) is 1.64. The lowest BCUT2D eigenvalue weighted by atomic mass is 10.1. The Kier molecular flexibility index (Phi) is 7.17. The molecule has 2 N–H and O–H groups in total. The Morgan fingerprint density at radius 1 is 1.33 bits per heavy atom. The molecule has 0 aromatic carbocycles. The van der Waals surface area contributed by atoms with Gasteiger partial charge in [-0.1, -0.05) is 0 Å². The van der Waals surface area contributed by atoms with Crippen LogP contribution in [-0.4, -0.2) is 53.2 Å². The second-order valence-electron chi connectivity index (χ2n) is 3.77. The summed E-state index contributed by atoms with van der Waals surface area (Å²) < 4.78 is 16.2. The lowest BCUT2D eigenvalue weighted by Gasteiger charge is -2.22. The van der Waals surface area contributed by atoms with Crippen molar-refractivity contribution in [1.29, 1.82) is 0 Å². The Bertz CT molecular complexity index is 180. The average molecular weight is 235 g/mol.